The lowest BCUT2D eigenvalue weighted by Crippen LogP contribution is -2.43. The molecule has 0 bridgehead atoms. The van der Waals surface area contributed by atoms with E-state index in [2.05, 4.69) is 13.8 Å². The van der Waals surface area contributed by atoms with E-state index in [-0.39, 0.29) is 12.4 Å². The van der Waals surface area contributed by atoms with Gasteiger partial charge in [0.15, 0.2) is 6.10 Å². The van der Waals surface area contributed by atoms with Crippen molar-refractivity contribution in [3.05, 3.63) is 0 Å². The van der Waals surface area contributed by atoms with Crippen molar-refractivity contribution in [2.24, 2.45) is 5.92 Å². The first-order chi connectivity index (χ1) is 15.6. The molecular weight excluding hydrogens is 414 g/mol. The highest BCUT2D eigenvalue weighted by molar-refractivity contribution is 5.71. The average Bonchev–Trinajstić information content (AvgIpc) is 2.70. The van der Waals surface area contributed by atoms with Gasteiger partial charge in [0.25, 0.3) is 0 Å². The standard InChI is InChI=1S/C28H55NO4/c1-6-7-8-9-10-11-12-13-14-15-16-17-18-19-20-25(2)21-22-28(32)33-26(23-27(30)31)24-29(3,4)5/h25-26H,6-24H2,1-5H3/p+1. The van der Waals surface area contributed by atoms with Crippen LogP contribution < -0.4 is 0 Å². The summed E-state index contributed by atoms with van der Waals surface area (Å²) in [6, 6.07) is 0. The largest absolute Gasteiger partial charge is 0.481 e. The summed E-state index contributed by atoms with van der Waals surface area (Å²) in [5.74, 6) is -0.680. The van der Waals surface area contributed by atoms with Gasteiger partial charge in [0.05, 0.1) is 27.6 Å². The number of hydrogen-bond donors (Lipinski definition) is 1. The molecule has 5 nitrogen and oxygen atoms in total. The Bertz CT molecular complexity index is 487. The van der Waals surface area contributed by atoms with Gasteiger partial charge in [-0.15, -0.1) is 0 Å². The third-order valence-corrected chi connectivity index (χ3v) is 6.34. The summed E-state index contributed by atoms with van der Waals surface area (Å²) in [4.78, 5) is 23.3. The lowest BCUT2D eigenvalue weighted by molar-refractivity contribution is -0.873. The predicted molar refractivity (Wildman–Crippen MR) is 138 cm³/mol. The lowest BCUT2D eigenvalue weighted by Gasteiger charge is -2.28. The molecule has 0 aromatic heterocycles. The number of ether oxygens (including phenoxy) is 1. The molecule has 0 aromatic rings. The maximum atomic E-state index is 12.2. The van der Waals surface area contributed by atoms with Crippen LogP contribution in [0.25, 0.3) is 0 Å². The number of carboxylic acids is 1. The Morgan fingerprint density at radius 2 is 1.21 bits per heavy atom. The van der Waals surface area contributed by atoms with E-state index in [0.717, 1.165) is 12.8 Å². The molecule has 196 valence electrons. The second-order valence-electron chi connectivity index (χ2n) is 11.2. The van der Waals surface area contributed by atoms with E-state index in [1.54, 1.807) is 0 Å². The monoisotopic (exact) mass is 470 g/mol. The van der Waals surface area contributed by atoms with Crippen molar-refractivity contribution in [2.75, 3.05) is 27.7 Å². The first-order valence-corrected chi connectivity index (χ1v) is 13.9. The lowest BCUT2D eigenvalue weighted by atomic mass is 9.97. The maximum Gasteiger partial charge on any atom is 0.307 e. The van der Waals surface area contributed by atoms with Crippen molar-refractivity contribution >= 4 is 11.9 Å². The minimum absolute atomic E-state index is 0.129. The molecule has 5 heteroatoms. The number of aliphatic carboxylic acids is 1. The summed E-state index contributed by atoms with van der Waals surface area (Å²) in [7, 11) is 5.92. The third kappa shape index (κ3) is 23.8. The SMILES string of the molecule is CCCCCCCCCCCCCCCCC(C)CCC(=O)OC(CC(=O)O)C[N+](C)(C)C. The summed E-state index contributed by atoms with van der Waals surface area (Å²) in [6.07, 6.45) is 20.9. The van der Waals surface area contributed by atoms with Crippen LogP contribution in [0.3, 0.4) is 0 Å². The number of esters is 1. The van der Waals surface area contributed by atoms with Crippen LogP contribution in [0.5, 0.6) is 0 Å². The van der Waals surface area contributed by atoms with Crippen LogP contribution in [-0.2, 0) is 14.3 Å². The Labute approximate surface area is 205 Å². The van der Waals surface area contributed by atoms with E-state index in [0.29, 0.717) is 23.4 Å². The van der Waals surface area contributed by atoms with Gasteiger partial charge >= 0.3 is 11.9 Å². The molecule has 0 aromatic carbocycles. The average molecular weight is 471 g/mol. The summed E-state index contributed by atoms with van der Waals surface area (Å²) in [6.45, 7) is 4.99. The fourth-order valence-electron chi connectivity index (χ4n) is 4.39. The summed E-state index contributed by atoms with van der Waals surface area (Å²) < 4.78 is 6.05. The number of nitrogens with zero attached hydrogens (tertiary/aromatic N) is 1. The van der Waals surface area contributed by atoms with Crippen LogP contribution in [0, 0.1) is 5.92 Å². The van der Waals surface area contributed by atoms with E-state index in [9.17, 15) is 9.59 Å². The molecule has 0 saturated heterocycles. The zero-order valence-corrected chi connectivity index (χ0v) is 22.7. The number of likely N-dealkylation sites (N-methyl/N-ethyl adjacent to an activating group) is 1. The summed E-state index contributed by atoms with van der Waals surface area (Å²) >= 11 is 0. The van der Waals surface area contributed by atoms with Crippen LogP contribution in [0.2, 0.25) is 0 Å². The smallest absolute Gasteiger partial charge is 0.307 e. The van der Waals surface area contributed by atoms with Gasteiger partial charge in [-0.2, -0.15) is 0 Å². The number of carbonyl (C=O) groups is 2. The normalized spacial score (nSPS) is 13.6. The fraction of sp³-hybridized carbons (Fsp3) is 0.929. The Hall–Kier alpha value is -1.10. The van der Waals surface area contributed by atoms with Crippen LogP contribution in [0.4, 0.5) is 0 Å². The quantitative estimate of drug-likeness (QED) is 0.0962. The Morgan fingerprint density at radius 3 is 1.64 bits per heavy atom. The van der Waals surface area contributed by atoms with E-state index in [1.807, 2.05) is 21.1 Å². The molecular formula is C28H56NO4+. The number of carboxylic acid groups (broad SMARTS) is 1. The molecule has 1 N–H and O–H groups in total. The molecule has 33 heavy (non-hydrogen) atoms. The zero-order chi connectivity index (χ0) is 25.0. The molecule has 0 saturated carbocycles. The van der Waals surface area contributed by atoms with Crippen LogP contribution >= 0.6 is 0 Å². The topological polar surface area (TPSA) is 63.6 Å². The Kier molecular flexibility index (Phi) is 19.6. The van der Waals surface area contributed by atoms with Gasteiger partial charge < -0.3 is 14.3 Å². The van der Waals surface area contributed by atoms with E-state index in [1.165, 1.54) is 89.9 Å². The van der Waals surface area contributed by atoms with Gasteiger partial charge in [-0.05, 0) is 12.3 Å². The first-order valence-electron chi connectivity index (χ1n) is 13.9. The molecule has 2 atom stereocenters. The van der Waals surface area contributed by atoms with Crippen LogP contribution in [0.15, 0.2) is 0 Å². The van der Waals surface area contributed by atoms with E-state index < -0.39 is 12.1 Å². The van der Waals surface area contributed by atoms with Gasteiger partial charge in [0.2, 0.25) is 0 Å². The van der Waals surface area contributed by atoms with Crippen molar-refractivity contribution < 1.29 is 23.9 Å². The predicted octanol–water partition coefficient (Wildman–Crippen LogP) is 7.37. The van der Waals surface area contributed by atoms with E-state index in [4.69, 9.17) is 9.84 Å². The highest BCUT2D eigenvalue weighted by atomic mass is 16.5. The van der Waals surface area contributed by atoms with Gasteiger partial charge in [-0.25, -0.2) is 0 Å². The molecule has 0 aliphatic carbocycles. The highest BCUT2D eigenvalue weighted by Gasteiger charge is 2.24. The van der Waals surface area contributed by atoms with E-state index >= 15 is 0 Å². The third-order valence-electron chi connectivity index (χ3n) is 6.34. The molecule has 0 radical (unpaired) electrons. The number of carbonyl (C=O) groups excluding carboxylic acids is 1. The maximum absolute atomic E-state index is 12.2. The molecule has 0 spiro atoms. The Balaban J connectivity index is 3.66. The molecule has 0 aliphatic heterocycles. The van der Waals surface area contributed by atoms with Gasteiger partial charge in [-0.1, -0.05) is 110 Å². The molecule has 0 fully saturated rings. The second-order valence-corrected chi connectivity index (χ2v) is 11.2. The minimum atomic E-state index is -0.924. The Morgan fingerprint density at radius 1 is 0.758 bits per heavy atom. The van der Waals surface area contributed by atoms with Gasteiger partial charge in [-0.3, -0.25) is 9.59 Å². The second kappa shape index (κ2) is 20.3. The van der Waals surface area contributed by atoms with Crippen LogP contribution in [-0.4, -0.2) is 55.3 Å². The van der Waals surface area contributed by atoms with Crippen LogP contribution in [0.1, 0.15) is 129 Å². The van der Waals surface area contributed by atoms with Gasteiger partial charge in [0.1, 0.15) is 6.54 Å². The molecule has 0 amide bonds. The number of rotatable bonds is 23. The number of unbranched alkanes of at least 4 members (excludes halogenated alkanes) is 13. The van der Waals surface area contributed by atoms with Crippen molar-refractivity contribution in [1.82, 2.24) is 0 Å². The number of hydrogen-bond acceptors (Lipinski definition) is 3. The van der Waals surface area contributed by atoms with Crippen molar-refractivity contribution in [3.63, 3.8) is 0 Å². The molecule has 0 rings (SSSR count). The fourth-order valence-corrected chi connectivity index (χ4v) is 4.39. The molecule has 0 heterocycles. The van der Waals surface area contributed by atoms with Gasteiger partial charge in [0, 0.05) is 6.42 Å². The first kappa shape index (κ1) is 31.9. The summed E-state index contributed by atoms with van der Waals surface area (Å²) in [5.41, 5.74) is 0. The highest BCUT2D eigenvalue weighted by Crippen LogP contribution is 2.18. The van der Waals surface area contributed by atoms with Crippen molar-refractivity contribution in [1.29, 1.82) is 0 Å². The minimum Gasteiger partial charge on any atom is -0.481 e. The molecule has 2 unspecified atom stereocenters. The van der Waals surface area contributed by atoms with Crippen molar-refractivity contribution in [3.8, 4) is 0 Å². The summed E-state index contributed by atoms with van der Waals surface area (Å²) in [5, 5.41) is 9.07. The zero-order valence-electron chi connectivity index (χ0n) is 22.7. The van der Waals surface area contributed by atoms with Crippen molar-refractivity contribution in [2.45, 2.75) is 136 Å². The number of quaternary nitrogens is 1. The molecule has 0 aliphatic rings.